The van der Waals surface area contributed by atoms with E-state index in [0.29, 0.717) is 17.8 Å². The van der Waals surface area contributed by atoms with Crippen LogP contribution in [0.15, 0.2) is 30.3 Å². The Kier molecular flexibility index (Phi) is 3.37. The fourth-order valence-electron chi connectivity index (χ4n) is 2.49. The van der Waals surface area contributed by atoms with Crippen LogP contribution in [0.2, 0.25) is 0 Å². The maximum atomic E-state index is 14.9. The number of nitrogens with zero attached hydrogens (tertiary/aromatic N) is 1. The summed E-state index contributed by atoms with van der Waals surface area (Å²) in [5.74, 6) is 0. The van der Waals surface area contributed by atoms with Gasteiger partial charge in [0.1, 0.15) is 5.01 Å². The molecule has 0 unspecified atom stereocenters. The molecule has 1 N–H and O–H groups in total. The number of rotatable bonds is 2. The second kappa shape index (κ2) is 5.02. The minimum absolute atomic E-state index is 0.522. The van der Waals surface area contributed by atoms with Crippen molar-refractivity contribution < 1.29 is 4.39 Å². The molecule has 0 spiro atoms. The SMILES string of the molecule is Cc1sc(C2(F)CCNCC2)nc1-c1ccccc1. The van der Waals surface area contributed by atoms with Gasteiger partial charge in [-0.15, -0.1) is 11.3 Å². The molecule has 0 atom stereocenters. The highest BCUT2D eigenvalue weighted by molar-refractivity contribution is 7.12. The van der Waals surface area contributed by atoms with Gasteiger partial charge in [0, 0.05) is 23.3 Å². The summed E-state index contributed by atoms with van der Waals surface area (Å²) in [7, 11) is 0. The largest absolute Gasteiger partial charge is 0.316 e. The van der Waals surface area contributed by atoms with Gasteiger partial charge in [0.05, 0.1) is 5.69 Å². The van der Waals surface area contributed by atoms with Gasteiger partial charge in [0.2, 0.25) is 0 Å². The summed E-state index contributed by atoms with van der Waals surface area (Å²) in [5.41, 5.74) is 0.754. The molecule has 1 aromatic heterocycles. The lowest BCUT2D eigenvalue weighted by Gasteiger charge is -2.27. The summed E-state index contributed by atoms with van der Waals surface area (Å²) in [6, 6.07) is 10.0. The van der Waals surface area contributed by atoms with Crippen molar-refractivity contribution in [1.29, 1.82) is 0 Å². The normalized spacial score (nSPS) is 18.4. The van der Waals surface area contributed by atoms with Crippen molar-refractivity contribution in [2.75, 3.05) is 13.1 Å². The number of hydrogen-bond donors (Lipinski definition) is 1. The van der Waals surface area contributed by atoms with E-state index in [1.807, 2.05) is 37.3 Å². The summed E-state index contributed by atoms with van der Waals surface area (Å²) < 4.78 is 14.9. The standard InChI is InChI=1S/C15H17FN2S/c1-11-13(12-5-3-2-4-6-12)18-14(19-11)15(16)7-9-17-10-8-15/h2-6,17H,7-10H2,1H3. The maximum absolute atomic E-state index is 14.9. The molecule has 2 aromatic rings. The Labute approximate surface area is 116 Å². The van der Waals surface area contributed by atoms with Crippen LogP contribution in [0.3, 0.4) is 0 Å². The van der Waals surface area contributed by atoms with Gasteiger partial charge in [-0.1, -0.05) is 30.3 Å². The van der Waals surface area contributed by atoms with E-state index in [0.717, 1.165) is 29.2 Å². The molecule has 0 saturated carbocycles. The first-order chi connectivity index (χ1) is 9.19. The van der Waals surface area contributed by atoms with E-state index >= 15 is 0 Å². The van der Waals surface area contributed by atoms with Crippen molar-refractivity contribution in [3.05, 3.63) is 40.2 Å². The van der Waals surface area contributed by atoms with Crippen LogP contribution in [-0.2, 0) is 5.67 Å². The van der Waals surface area contributed by atoms with Crippen LogP contribution in [0.1, 0.15) is 22.7 Å². The number of piperidine rings is 1. The van der Waals surface area contributed by atoms with Crippen LogP contribution in [0, 0.1) is 6.92 Å². The van der Waals surface area contributed by atoms with Gasteiger partial charge < -0.3 is 5.32 Å². The Morgan fingerprint density at radius 1 is 1.21 bits per heavy atom. The number of halogens is 1. The third kappa shape index (κ3) is 2.42. The molecule has 100 valence electrons. The lowest BCUT2D eigenvalue weighted by molar-refractivity contribution is 0.115. The third-order valence-electron chi connectivity index (χ3n) is 3.62. The summed E-state index contributed by atoms with van der Waals surface area (Å²) in [5, 5.41) is 3.84. The molecule has 3 rings (SSSR count). The van der Waals surface area contributed by atoms with Crippen LogP contribution < -0.4 is 5.32 Å². The van der Waals surface area contributed by atoms with E-state index in [1.165, 1.54) is 11.3 Å². The van der Waals surface area contributed by atoms with Crippen molar-refractivity contribution in [1.82, 2.24) is 10.3 Å². The molecule has 0 aliphatic carbocycles. The van der Waals surface area contributed by atoms with Gasteiger partial charge in [-0.25, -0.2) is 9.37 Å². The zero-order chi connectivity index (χ0) is 13.3. The monoisotopic (exact) mass is 276 g/mol. The molecule has 0 radical (unpaired) electrons. The quantitative estimate of drug-likeness (QED) is 0.905. The van der Waals surface area contributed by atoms with Crippen molar-refractivity contribution in [2.45, 2.75) is 25.4 Å². The Morgan fingerprint density at radius 2 is 1.89 bits per heavy atom. The Hall–Kier alpha value is -1.26. The van der Waals surface area contributed by atoms with Crippen LogP contribution in [0.25, 0.3) is 11.3 Å². The highest BCUT2D eigenvalue weighted by Crippen LogP contribution is 2.40. The molecule has 1 aromatic carbocycles. The average molecular weight is 276 g/mol. The first-order valence-electron chi connectivity index (χ1n) is 6.62. The van der Waals surface area contributed by atoms with E-state index in [1.54, 1.807) is 0 Å². The van der Waals surface area contributed by atoms with Crippen molar-refractivity contribution in [3.8, 4) is 11.3 Å². The molecule has 1 saturated heterocycles. The fourth-order valence-corrected chi connectivity index (χ4v) is 3.56. The highest BCUT2D eigenvalue weighted by Gasteiger charge is 2.37. The third-order valence-corrected chi connectivity index (χ3v) is 4.77. The molecule has 2 nitrogen and oxygen atoms in total. The van der Waals surface area contributed by atoms with Crippen molar-refractivity contribution in [3.63, 3.8) is 0 Å². The summed E-state index contributed by atoms with van der Waals surface area (Å²) in [6.07, 6.45) is 1.04. The van der Waals surface area contributed by atoms with E-state index in [-0.39, 0.29) is 0 Å². The van der Waals surface area contributed by atoms with Gasteiger partial charge in [-0.05, 0) is 20.0 Å². The topological polar surface area (TPSA) is 24.9 Å². The molecule has 1 aliphatic rings. The highest BCUT2D eigenvalue weighted by atomic mass is 32.1. The first kappa shape index (κ1) is 12.8. The van der Waals surface area contributed by atoms with Crippen molar-refractivity contribution >= 4 is 11.3 Å². The molecule has 1 aliphatic heterocycles. The number of thiazole rings is 1. The van der Waals surface area contributed by atoms with E-state index in [2.05, 4.69) is 10.3 Å². The minimum Gasteiger partial charge on any atom is -0.316 e. The molecule has 2 heterocycles. The number of aromatic nitrogens is 1. The molecule has 0 bridgehead atoms. The second-order valence-corrected chi connectivity index (χ2v) is 6.21. The van der Waals surface area contributed by atoms with Gasteiger partial charge in [0.15, 0.2) is 5.67 Å². The zero-order valence-corrected chi connectivity index (χ0v) is 11.8. The van der Waals surface area contributed by atoms with E-state index in [4.69, 9.17) is 0 Å². The molecule has 1 fully saturated rings. The number of benzene rings is 1. The molecule has 4 heteroatoms. The summed E-state index contributed by atoms with van der Waals surface area (Å²) >= 11 is 1.50. The number of aryl methyl sites for hydroxylation is 1. The zero-order valence-electron chi connectivity index (χ0n) is 10.9. The van der Waals surface area contributed by atoms with Gasteiger partial charge in [-0.3, -0.25) is 0 Å². The van der Waals surface area contributed by atoms with Crippen LogP contribution in [0.5, 0.6) is 0 Å². The van der Waals surface area contributed by atoms with Crippen LogP contribution in [0.4, 0.5) is 4.39 Å². The predicted octanol–water partition coefficient (Wildman–Crippen LogP) is 3.67. The maximum Gasteiger partial charge on any atom is 0.164 e. The van der Waals surface area contributed by atoms with Gasteiger partial charge >= 0.3 is 0 Å². The Bertz CT molecular complexity index is 559. The van der Waals surface area contributed by atoms with E-state index in [9.17, 15) is 4.39 Å². The lowest BCUT2D eigenvalue weighted by atomic mass is 9.95. The van der Waals surface area contributed by atoms with Crippen molar-refractivity contribution in [2.24, 2.45) is 0 Å². The van der Waals surface area contributed by atoms with Crippen LogP contribution in [-0.4, -0.2) is 18.1 Å². The number of hydrogen-bond acceptors (Lipinski definition) is 3. The van der Waals surface area contributed by atoms with Gasteiger partial charge in [-0.2, -0.15) is 0 Å². The first-order valence-corrected chi connectivity index (χ1v) is 7.44. The summed E-state index contributed by atoms with van der Waals surface area (Å²) in [4.78, 5) is 5.69. The van der Waals surface area contributed by atoms with Gasteiger partial charge in [0.25, 0.3) is 0 Å². The molecule has 19 heavy (non-hydrogen) atoms. The molecular formula is C15H17FN2S. The Balaban J connectivity index is 1.97. The van der Waals surface area contributed by atoms with Crippen LogP contribution >= 0.6 is 11.3 Å². The second-order valence-electron chi connectivity index (χ2n) is 5.01. The number of alkyl halides is 1. The minimum atomic E-state index is -1.24. The predicted molar refractivity (Wildman–Crippen MR) is 77.2 cm³/mol. The number of nitrogens with one attached hydrogen (secondary N) is 1. The fraction of sp³-hybridized carbons (Fsp3) is 0.400. The smallest absolute Gasteiger partial charge is 0.164 e. The molecule has 0 amide bonds. The Morgan fingerprint density at radius 3 is 2.58 bits per heavy atom. The average Bonchev–Trinajstić information content (AvgIpc) is 2.84. The lowest BCUT2D eigenvalue weighted by Crippen LogP contribution is -2.36. The summed E-state index contributed by atoms with van der Waals surface area (Å²) in [6.45, 7) is 3.49. The molecular weight excluding hydrogens is 259 g/mol. The van der Waals surface area contributed by atoms with E-state index < -0.39 is 5.67 Å².